The number of allylic oxidation sites excluding steroid dienone is 1. The molecule has 8 heteroatoms. The number of hydrogen-bond acceptors (Lipinski definition) is 5. The molecule has 5 rings (SSSR count). The van der Waals surface area contributed by atoms with Crippen LogP contribution in [0.5, 0.6) is 0 Å². The predicted octanol–water partition coefficient (Wildman–Crippen LogP) is 1.71. The van der Waals surface area contributed by atoms with E-state index in [0.717, 1.165) is 22.3 Å². The lowest BCUT2D eigenvalue weighted by Crippen LogP contribution is -2.27. The summed E-state index contributed by atoms with van der Waals surface area (Å²) >= 11 is 0. The molecule has 1 N–H and O–H groups in total. The van der Waals surface area contributed by atoms with E-state index in [0.29, 0.717) is 28.6 Å². The van der Waals surface area contributed by atoms with Crippen molar-refractivity contribution in [1.29, 1.82) is 0 Å². The van der Waals surface area contributed by atoms with E-state index in [-0.39, 0.29) is 17.1 Å². The summed E-state index contributed by atoms with van der Waals surface area (Å²) in [5.74, 6) is -0.439. The van der Waals surface area contributed by atoms with Gasteiger partial charge in [-0.3, -0.25) is 4.79 Å². The smallest absolute Gasteiger partial charge is 0.258 e. The van der Waals surface area contributed by atoms with Crippen LogP contribution >= 0.6 is 0 Å². The van der Waals surface area contributed by atoms with Crippen molar-refractivity contribution in [3.63, 3.8) is 0 Å². The average Bonchev–Trinajstić information content (AvgIpc) is 2.91. The van der Waals surface area contributed by atoms with Gasteiger partial charge in [0.05, 0.1) is 22.7 Å². The molecule has 0 radical (unpaired) electrons. The molecule has 0 spiro atoms. The molecule has 0 fully saturated rings. The zero-order chi connectivity index (χ0) is 21.9. The number of anilines is 3. The maximum atomic E-state index is 13.5. The van der Waals surface area contributed by atoms with Crippen LogP contribution in [0.3, 0.4) is 0 Å². The van der Waals surface area contributed by atoms with Gasteiger partial charge in [0.15, 0.2) is 9.84 Å². The van der Waals surface area contributed by atoms with E-state index in [9.17, 15) is 17.6 Å². The first-order chi connectivity index (χ1) is 14.7. The number of nitrogens with one attached hydrogen (secondary N) is 1. The standard InChI is InChI=1S/C23H20FN3O3S/c1-26-11-9-14(13-31(2,29)30)17-7-8-19-20-18(25-23(28)21(20)22(17)26)10-12-27(19)16-5-3-15(24)4-6-16/h3-11H,12-13H2,1-2H3,(H,25,28). The van der Waals surface area contributed by atoms with Gasteiger partial charge in [-0.15, -0.1) is 0 Å². The summed E-state index contributed by atoms with van der Waals surface area (Å²) in [6.07, 6.45) is 6.69. The Balaban J connectivity index is 1.85. The minimum Gasteiger partial charge on any atom is -0.350 e. The Bertz CT molecular complexity index is 1510. The Hall–Kier alpha value is -3.39. The molecule has 0 saturated heterocycles. The van der Waals surface area contributed by atoms with E-state index in [1.807, 2.05) is 35.1 Å². The molecule has 0 saturated carbocycles. The van der Waals surface area contributed by atoms with Crippen molar-refractivity contribution in [2.75, 3.05) is 35.4 Å². The molecule has 158 valence electrons. The molecule has 1 aromatic carbocycles. The number of aromatic nitrogens is 1. The fourth-order valence-electron chi connectivity index (χ4n) is 4.37. The van der Waals surface area contributed by atoms with Gasteiger partial charge in [-0.2, -0.15) is 0 Å². The minimum atomic E-state index is -3.27. The number of aromatic amines is 1. The van der Waals surface area contributed by atoms with Crippen LogP contribution in [0.25, 0.3) is 22.8 Å². The van der Waals surface area contributed by atoms with Crippen LogP contribution < -0.4 is 25.9 Å². The molecule has 3 heterocycles. The molecule has 0 aromatic heterocycles. The maximum absolute atomic E-state index is 13.5. The van der Waals surface area contributed by atoms with Crippen LogP contribution in [-0.4, -0.2) is 39.0 Å². The number of benzene rings is 1. The Kier molecular flexibility index (Phi) is 4.30. The van der Waals surface area contributed by atoms with Gasteiger partial charge >= 0.3 is 0 Å². The normalized spacial score (nSPS) is 15.3. The first kappa shape index (κ1) is 19.6. The number of hydrogen-bond donors (Lipinski definition) is 1. The van der Waals surface area contributed by atoms with Crippen molar-refractivity contribution in [2.45, 2.75) is 0 Å². The van der Waals surface area contributed by atoms with Gasteiger partial charge < -0.3 is 14.8 Å². The van der Waals surface area contributed by atoms with Gasteiger partial charge in [0, 0.05) is 47.9 Å². The SMILES string of the molecule is CN1C=CC(CS(C)(=O)=O)=c2ccc3c4c([nH]c(=O)c-4c21)=CCN3c1ccc(F)cc1. The van der Waals surface area contributed by atoms with Crippen LogP contribution in [0.4, 0.5) is 21.5 Å². The summed E-state index contributed by atoms with van der Waals surface area (Å²) in [5, 5.41) is 1.44. The molecular weight excluding hydrogens is 417 g/mol. The third-order valence-electron chi connectivity index (χ3n) is 5.67. The van der Waals surface area contributed by atoms with Gasteiger partial charge in [0.2, 0.25) is 0 Å². The minimum absolute atomic E-state index is 0.121. The summed E-state index contributed by atoms with van der Waals surface area (Å²) in [5.41, 5.74) is 3.96. The highest BCUT2D eigenvalue weighted by atomic mass is 32.2. The lowest BCUT2D eigenvalue weighted by Gasteiger charge is -2.27. The number of nitrogens with zero attached hydrogens (tertiary/aromatic N) is 2. The second kappa shape index (κ2) is 6.81. The highest BCUT2D eigenvalue weighted by Gasteiger charge is 2.28. The molecule has 1 aliphatic carbocycles. The van der Waals surface area contributed by atoms with E-state index in [4.69, 9.17) is 0 Å². The number of sulfone groups is 1. The summed E-state index contributed by atoms with van der Waals surface area (Å²) in [7, 11) is -1.43. The predicted molar refractivity (Wildman–Crippen MR) is 121 cm³/mol. The van der Waals surface area contributed by atoms with Crippen LogP contribution in [-0.2, 0) is 9.84 Å². The van der Waals surface area contributed by atoms with Crippen molar-refractivity contribution in [1.82, 2.24) is 4.98 Å². The largest absolute Gasteiger partial charge is 0.350 e. The Morgan fingerprint density at radius 2 is 1.84 bits per heavy atom. The summed E-state index contributed by atoms with van der Waals surface area (Å²) in [6, 6.07) is 9.99. The van der Waals surface area contributed by atoms with Gasteiger partial charge in [-0.1, -0.05) is 6.07 Å². The van der Waals surface area contributed by atoms with Gasteiger partial charge in [0.25, 0.3) is 5.56 Å². The van der Waals surface area contributed by atoms with E-state index in [1.165, 1.54) is 18.4 Å². The van der Waals surface area contributed by atoms with E-state index < -0.39 is 9.84 Å². The van der Waals surface area contributed by atoms with Crippen LogP contribution in [0.1, 0.15) is 0 Å². The zero-order valence-corrected chi connectivity index (χ0v) is 17.8. The van der Waals surface area contributed by atoms with Crippen LogP contribution in [0.2, 0.25) is 0 Å². The lowest BCUT2D eigenvalue weighted by atomic mass is 10.0. The summed E-state index contributed by atoms with van der Waals surface area (Å²) in [6.45, 7) is 0.510. The second-order valence-electron chi connectivity index (χ2n) is 7.91. The van der Waals surface area contributed by atoms with Gasteiger partial charge in [-0.25, -0.2) is 12.8 Å². The first-order valence-corrected chi connectivity index (χ1v) is 11.8. The molecule has 0 bridgehead atoms. The number of rotatable bonds is 3. The van der Waals surface area contributed by atoms with E-state index in [2.05, 4.69) is 4.98 Å². The monoisotopic (exact) mass is 437 g/mol. The number of halogens is 1. The van der Waals surface area contributed by atoms with Crippen molar-refractivity contribution in [2.24, 2.45) is 0 Å². The highest BCUT2D eigenvalue weighted by Crippen LogP contribution is 2.37. The Morgan fingerprint density at radius 1 is 1.10 bits per heavy atom. The van der Waals surface area contributed by atoms with Crippen LogP contribution in [0.15, 0.2) is 53.5 Å². The number of H-pyrrole nitrogens is 1. The third kappa shape index (κ3) is 3.23. The molecule has 1 aromatic rings. The maximum Gasteiger partial charge on any atom is 0.258 e. The second-order valence-corrected chi connectivity index (χ2v) is 10.1. The summed E-state index contributed by atoms with van der Waals surface area (Å²) in [4.78, 5) is 19.9. The quantitative estimate of drug-likeness (QED) is 0.676. The molecule has 6 nitrogen and oxygen atoms in total. The van der Waals surface area contributed by atoms with Gasteiger partial charge in [0.1, 0.15) is 5.82 Å². The first-order valence-electron chi connectivity index (χ1n) is 9.77. The average molecular weight is 437 g/mol. The van der Waals surface area contributed by atoms with Gasteiger partial charge in [-0.05, 0) is 48.1 Å². The fourth-order valence-corrected chi connectivity index (χ4v) is 5.19. The Morgan fingerprint density at radius 3 is 2.55 bits per heavy atom. The van der Waals surface area contributed by atoms with Crippen LogP contribution in [0, 0.1) is 5.82 Å². The van der Waals surface area contributed by atoms with Crippen molar-refractivity contribution in [3.05, 3.63) is 75.4 Å². The fraction of sp³-hybridized carbons (Fsp3) is 0.174. The lowest BCUT2D eigenvalue weighted by molar-refractivity contribution is 0.605. The van der Waals surface area contributed by atoms with Crippen molar-refractivity contribution < 1.29 is 12.8 Å². The zero-order valence-electron chi connectivity index (χ0n) is 17.0. The molecule has 0 atom stereocenters. The highest BCUT2D eigenvalue weighted by molar-refractivity contribution is 7.91. The molecule has 0 unspecified atom stereocenters. The number of fused-ring (bicyclic) bond motifs is 2. The van der Waals surface area contributed by atoms with Crippen molar-refractivity contribution in [3.8, 4) is 11.1 Å². The molecule has 3 aliphatic heterocycles. The molecule has 31 heavy (non-hydrogen) atoms. The topological polar surface area (TPSA) is 73.5 Å². The molecule has 4 aliphatic rings. The van der Waals surface area contributed by atoms with E-state index in [1.54, 1.807) is 24.4 Å². The summed E-state index contributed by atoms with van der Waals surface area (Å²) < 4.78 is 37.5. The third-order valence-corrected chi connectivity index (χ3v) is 6.51. The molecular formula is C23H20FN3O3S. The Labute approximate surface area is 178 Å². The van der Waals surface area contributed by atoms with Crippen molar-refractivity contribution >= 4 is 38.5 Å². The van der Waals surface area contributed by atoms with E-state index >= 15 is 0 Å². The molecule has 0 amide bonds.